The molecule has 5 heteroatoms. The Hall–Kier alpha value is -2.04. The maximum Gasteiger partial charge on any atom is 0.225 e. The van der Waals surface area contributed by atoms with Gasteiger partial charge in [0.25, 0.3) is 0 Å². The van der Waals surface area contributed by atoms with E-state index in [1.54, 1.807) is 0 Å². The number of hydrogen-bond acceptors (Lipinski definition) is 3. The minimum Gasteiger partial charge on any atom is -0.493 e. The van der Waals surface area contributed by atoms with Crippen LogP contribution in [0.2, 0.25) is 5.02 Å². The first kappa shape index (κ1) is 18.0. The number of halogens is 1. The summed E-state index contributed by atoms with van der Waals surface area (Å²) in [6.45, 7) is 2.96. The summed E-state index contributed by atoms with van der Waals surface area (Å²) in [5.41, 5.74) is 2.19. The van der Waals surface area contributed by atoms with Crippen molar-refractivity contribution in [3.63, 3.8) is 0 Å². The summed E-state index contributed by atoms with van der Waals surface area (Å²) in [7, 11) is 0. The molecule has 1 amide bonds. The fourth-order valence-electron chi connectivity index (χ4n) is 4.72. The first-order chi connectivity index (χ1) is 13.7. The number of amides is 1. The van der Waals surface area contributed by atoms with Crippen molar-refractivity contribution < 1.29 is 9.53 Å². The van der Waals surface area contributed by atoms with E-state index >= 15 is 0 Å². The Morgan fingerprint density at radius 3 is 2.75 bits per heavy atom. The van der Waals surface area contributed by atoms with Crippen molar-refractivity contribution in [3.05, 3.63) is 64.7 Å². The number of rotatable bonds is 5. The number of hydrogen-bond donors (Lipinski definition) is 1. The quantitative estimate of drug-likeness (QED) is 0.829. The number of para-hydroxylation sites is 1. The molecule has 2 aromatic carbocycles. The number of benzene rings is 2. The van der Waals surface area contributed by atoms with Gasteiger partial charge >= 0.3 is 0 Å². The van der Waals surface area contributed by atoms with Crippen LogP contribution < -0.4 is 10.1 Å². The van der Waals surface area contributed by atoms with E-state index in [1.165, 1.54) is 18.4 Å². The average molecular weight is 397 g/mol. The lowest BCUT2D eigenvalue weighted by Gasteiger charge is -2.34. The van der Waals surface area contributed by atoms with E-state index in [4.69, 9.17) is 16.3 Å². The second kappa shape index (κ2) is 7.41. The van der Waals surface area contributed by atoms with Crippen LogP contribution in [0.25, 0.3) is 0 Å². The van der Waals surface area contributed by atoms with E-state index in [1.807, 2.05) is 36.4 Å². The van der Waals surface area contributed by atoms with Gasteiger partial charge in [-0.3, -0.25) is 9.69 Å². The third-order valence-electron chi connectivity index (χ3n) is 6.35. The number of ether oxygens (including phenoxy) is 1. The van der Waals surface area contributed by atoms with Crippen LogP contribution in [-0.4, -0.2) is 30.5 Å². The van der Waals surface area contributed by atoms with Crippen LogP contribution in [0.4, 0.5) is 0 Å². The van der Waals surface area contributed by atoms with E-state index < -0.39 is 0 Å². The molecule has 1 N–H and O–H groups in total. The topological polar surface area (TPSA) is 41.6 Å². The molecule has 1 aliphatic carbocycles. The molecule has 1 saturated heterocycles. The van der Waals surface area contributed by atoms with Crippen molar-refractivity contribution in [1.82, 2.24) is 10.2 Å². The van der Waals surface area contributed by atoms with Crippen molar-refractivity contribution in [2.75, 3.05) is 19.7 Å². The fraction of sp³-hybridized carbons (Fsp3) is 0.435. The summed E-state index contributed by atoms with van der Waals surface area (Å²) in [5, 5.41) is 3.81. The van der Waals surface area contributed by atoms with Crippen LogP contribution in [0.1, 0.15) is 30.0 Å². The van der Waals surface area contributed by atoms with Crippen LogP contribution in [0, 0.1) is 17.8 Å². The second-order valence-electron chi connectivity index (χ2n) is 8.27. The number of fused-ring (bicyclic) bond motifs is 3. The first-order valence-electron chi connectivity index (χ1n) is 10.2. The van der Waals surface area contributed by atoms with Crippen LogP contribution >= 0.6 is 11.6 Å². The van der Waals surface area contributed by atoms with E-state index in [0.29, 0.717) is 18.2 Å². The summed E-state index contributed by atoms with van der Waals surface area (Å²) in [6.07, 6.45) is 2.63. The van der Waals surface area contributed by atoms with Crippen molar-refractivity contribution in [1.29, 1.82) is 0 Å². The molecular formula is C23H25ClN2O2. The fourth-order valence-corrected chi connectivity index (χ4v) is 4.92. The maximum absolute atomic E-state index is 13.1. The zero-order valence-corrected chi connectivity index (χ0v) is 16.6. The lowest BCUT2D eigenvalue weighted by molar-refractivity contribution is -0.126. The molecular weight excluding hydrogens is 372 g/mol. The molecule has 3 atom stereocenters. The Morgan fingerprint density at radius 1 is 1.14 bits per heavy atom. The Labute approximate surface area is 170 Å². The predicted octanol–water partition coefficient (Wildman–Crippen LogP) is 4.05. The van der Waals surface area contributed by atoms with Crippen LogP contribution in [0.3, 0.4) is 0 Å². The SMILES string of the molecule is O=C(NCc1ccccc1Cl)[C@@H]1CN(CC2CC2)[C@H]2c3ccccc3OC[C@@H]12. The lowest BCUT2D eigenvalue weighted by Crippen LogP contribution is -2.37. The van der Waals surface area contributed by atoms with Gasteiger partial charge in [0.1, 0.15) is 5.75 Å². The standard InChI is InChI=1S/C23H25ClN2O2/c24-20-7-3-1-5-16(20)11-25-23(27)18-13-26(12-15-9-10-15)22-17-6-2-4-8-21(17)28-14-19(18)22/h1-8,15,18-19,22H,9-14H2,(H,25,27)/t18-,19+,22+/m1/s1. The Kier molecular flexibility index (Phi) is 4.77. The van der Waals surface area contributed by atoms with Crippen LogP contribution in [0.5, 0.6) is 5.75 Å². The van der Waals surface area contributed by atoms with E-state index in [9.17, 15) is 4.79 Å². The molecule has 28 heavy (non-hydrogen) atoms. The van der Waals surface area contributed by atoms with Crippen molar-refractivity contribution in [3.8, 4) is 5.75 Å². The van der Waals surface area contributed by atoms with E-state index in [2.05, 4.69) is 22.3 Å². The highest BCUT2D eigenvalue weighted by Crippen LogP contribution is 2.48. The van der Waals surface area contributed by atoms with E-state index in [-0.39, 0.29) is 23.8 Å². The normalized spacial score (nSPS) is 26.2. The van der Waals surface area contributed by atoms with Crippen molar-refractivity contribution >= 4 is 17.5 Å². The Morgan fingerprint density at radius 2 is 1.93 bits per heavy atom. The average Bonchev–Trinajstić information content (AvgIpc) is 3.46. The minimum atomic E-state index is -0.0559. The van der Waals surface area contributed by atoms with Gasteiger partial charge in [0.05, 0.1) is 12.5 Å². The van der Waals surface area contributed by atoms with Gasteiger partial charge in [-0.15, -0.1) is 0 Å². The first-order valence-corrected chi connectivity index (χ1v) is 10.6. The molecule has 0 radical (unpaired) electrons. The predicted molar refractivity (Wildman–Crippen MR) is 109 cm³/mol. The summed E-state index contributed by atoms with van der Waals surface area (Å²) in [4.78, 5) is 15.6. The molecule has 2 aromatic rings. The van der Waals surface area contributed by atoms with Crippen molar-refractivity contribution in [2.45, 2.75) is 25.4 Å². The summed E-state index contributed by atoms with van der Waals surface area (Å²) in [6, 6.07) is 16.3. The van der Waals surface area contributed by atoms with Crippen LogP contribution in [-0.2, 0) is 11.3 Å². The number of nitrogens with zero attached hydrogens (tertiary/aromatic N) is 1. The number of carbonyl (C=O) groups excluding carboxylic acids is 1. The molecule has 0 aromatic heterocycles. The van der Waals surface area contributed by atoms with Gasteiger partial charge in [-0.05, 0) is 36.5 Å². The molecule has 5 rings (SSSR count). The second-order valence-corrected chi connectivity index (χ2v) is 8.68. The lowest BCUT2D eigenvalue weighted by atomic mass is 9.85. The summed E-state index contributed by atoms with van der Waals surface area (Å²) < 4.78 is 6.04. The van der Waals surface area contributed by atoms with Crippen molar-refractivity contribution in [2.24, 2.45) is 17.8 Å². The highest BCUT2D eigenvalue weighted by atomic mass is 35.5. The number of likely N-dealkylation sites (tertiary alicyclic amines) is 1. The van der Waals surface area contributed by atoms with Gasteiger partial charge in [0, 0.05) is 42.2 Å². The van der Waals surface area contributed by atoms with Gasteiger partial charge in [-0.1, -0.05) is 48.0 Å². The third kappa shape index (κ3) is 3.40. The Balaban J connectivity index is 1.35. The molecule has 0 bridgehead atoms. The zero-order chi connectivity index (χ0) is 19.1. The minimum absolute atomic E-state index is 0.0559. The molecule has 0 unspecified atom stereocenters. The highest BCUT2D eigenvalue weighted by molar-refractivity contribution is 6.31. The van der Waals surface area contributed by atoms with Gasteiger partial charge in [-0.25, -0.2) is 0 Å². The van der Waals surface area contributed by atoms with Gasteiger partial charge < -0.3 is 10.1 Å². The molecule has 0 spiro atoms. The van der Waals surface area contributed by atoms with Gasteiger partial charge in [0.15, 0.2) is 0 Å². The van der Waals surface area contributed by atoms with Gasteiger partial charge in [-0.2, -0.15) is 0 Å². The molecule has 1 saturated carbocycles. The molecule has 4 nitrogen and oxygen atoms in total. The third-order valence-corrected chi connectivity index (χ3v) is 6.72. The number of carbonyl (C=O) groups is 1. The van der Waals surface area contributed by atoms with Crippen LogP contribution in [0.15, 0.2) is 48.5 Å². The molecule has 2 fully saturated rings. The zero-order valence-electron chi connectivity index (χ0n) is 15.8. The summed E-state index contributed by atoms with van der Waals surface area (Å²) in [5.74, 6) is 2.01. The molecule has 146 valence electrons. The molecule has 2 aliphatic heterocycles. The summed E-state index contributed by atoms with van der Waals surface area (Å²) >= 11 is 6.24. The largest absolute Gasteiger partial charge is 0.493 e. The van der Waals surface area contributed by atoms with Gasteiger partial charge in [0.2, 0.25) is 5.91 Å². The molecule has 2 heterocycles. The Bertz CT molecular complexity index is 882. The number of nitrogens with one attached hydrogen (secondary N) is 1. The monoisotopic (exact) mass is 396 g/mol. The highest BCUT2D eigenvalue weighted by Gasteiger charge is 2.49. The molecule has 3 aliphatic rings. The van der Waals surface area contributed by atoms with E-state index in [0.717, 1.165) is 30.3 Å². The smallest absolute Gasteiger partial charge is 0.225 e. The maximum atomic E-state index is 13.1.